The zero-order valence-corrected chi connectivity index (χ0v) is 17.8. The number of benzene rings is 3. The second-order valence-electron chi connectivity index (χ2n) is 6.36. The zero-order chi connectivity index (χ0) is 21.0. The molecule has 3 rings (SSSR count). The topological polar surface area (TPSA) is 44.8 Å². The van der Waals surface area contributed by atoms with Crippen molar-refractivity contribution in [2.75, 3.05) is 14.2 Å². The highest BCUT2D eigenvalue weighted by molar-refractivity contribution is 6.42. The van der Waals surface area contributed by atoms with Crippen LogP contribution in [0.2, 0.25) is 10.0 Å². The maximum atomic E-state index is 13.3. The molecule has 0 amide bonds. The Morgan fingerprint density at radius 1 is 0.897 bits per heavy atom. The molecule has 4 nitrogen and oxygen atoms in total. The van der Waals surface area contributed by atoms with Gasteiger partial charge in [0.05, 0.1) is 29.8 Å². The predicted molar refractivity (Wildman–Crippen MR) is 115 cm³/mol. The van der Waals surface area contributed by atoms with Crippen molar-refractivity contribution in [3.63, 3.8) is 0 Å². The van der Waals surface area contributed by atoms with Gasteiger partial charge in [0.15, 0.2) is 17.3 Å². The molecule has 0 aliphatic heterocycles. The first-order chi connectivity index (χ1) is 14.0. The van der Waals surface area contributed by atoms with Gasteiger partial charge < -0.3 is 14.2 Å². The lowest BCUT2D eigenvalue weighted by Gasteiger charge is -2.15. The fourth-order valence-corrected chi connectivity index (χ4v) is 3.55. The second-order valence-corrected chi connectivity index (χ2v) is 7.15. The Labute approximate surface area is 179 Å². The van der Waals surface area contributed by atoms with Crippen molar-refractivity contribution in [2.45, 2.75) is 13.5 Å². The molecule has 0 heterocycles. The Morgan fingerprint density at radius 2 is 1.55 bits per heavy atom. The van der Waals surface area contributed by atoms with E-state index in [1.165, 1.54) is 7.11 Å². The van der Waals surface area contributed by atoms with Gasteiger partial charge in [-0.3, -0.25) is 4.79 Å². The van der Waals surface area contributed by atoms with Crippen LogP contribution in [0.15, 0.2) is 54.6 Å². The Bertz CT molecular complexity index is 1030. The van der Waals surface area contributed by atoms with E-state index in [0.717, 1.165) is 11.1 Å². The molecule has 0 aliphatic carbocycles. The van der Waals surface area contributed by atoms with Crippen molar-refractivity contribution in [2.24, 2.45) is 0 Å². The molecular weight excluding hydrogens is 411 g/mol. The van der Waals surface area contributed by atoms with Gasteiger partial charge in [-0.15, -0.1) is 0 Å². The minimum atomic E-state index is -0.316. The van der Waals surface area contributed by atoms with Crippen molar-refractivity contribution >= 4 is 29.0 Å². The van der Waals surface area contributed by atoms with Crippen LogP contribution in [0.1, 0.15) is 27.0 Å². The molecule has 0 saturated heterocycles. The fourth-order valence-electron chi connectivity index (χ4n) is 2.95. The van der Waals surface area contributed by atoms with Gasteiger partial charge in [0.2, 0.25) is 0 Å². The highest BCUT2D eigenvalue weighted by Gasteiger charge is 2.23. The number of carbonyl (C=O) groups excluding carboxylic acids is 1. The van der Waals surface area contributed by atoms with Crippen LogP contribution in [0.25, 0.3) is 0 Å². The molecule has 0 saturated carbocycles. The van der Waals surface area contributed by atoms with Gasteiger partial charge in [0.1, 0.15) is 12.4 Å². The molecule has 6 heteroatoms. The third kappa shape index (κ3) is 4.50. The molecule has 3 aromatic rings. The van der Waals surface area contributed by atoms with Crippen LogP contribution in [-0.4, -0.2) is 20.0 Å². The quantitative estimate of drug-likeness (QED) is 0.422. The van der Waals surface area contributed by atoms with Crippen molar-refractivity contribution in [1.29, 1.82) is 0 Å². The van der Waals surface area contributed by atoms with Gasteiger partial charge in [0.25, 0.3) is 0 Å². The summed E-state index contributed by atoms with van der Waals surface area (Å²) in [4.78, 5) is 13.3. The van der Waals surface area contributed by atoms with Crippen LogP contribution < -0.4 is 14.2 Å². The fraction of sp³-hybridized carbons (Fsp3) is 0.174. The van der Waals surface area contributed by atoms with E-state index in [1.54, 1.807) is 31.4 Å². The first-order valence-electron chi connectivity index (χ1n) is 8.88. The summed E-state index contributed by atoms with van der Waals surface area (Å²) in [5, 5.41) is 0.425. The molecule has 0 radical (unpaired) electrons. The number of carbonyl (C=O) groups is 1. The predicted octanol–water partition coefficient (Wildman–Crippen LogP) is 6.13. The first kappa shape index (κ1) is 21.0. The van der Waals surface area contributed by atoms with Crippen molar-refractivity contribution in [3.05, 3.63) is 86.9 Å². The number of methoxy groups -OCH3 is 2. The molecule has 0 bridgehead atoms. The second kappa shape index (κ2) is 9.21. The van der Waals surface area contributed by atoms with Gasteiger partial charge in [-0.05, 0) is 42.3 Å². The molecule has 0 fully saturated rings. The van der Waals surface area contributed by atoms with E-state index in [4.69, 9.17) is 37.4 Å². The SMILES string of the molecule is COc1cc(C)c(C(=O)c2c(Cl)ccc(OCc3ccccc3)c2Cl)cc1OC. The lowest BCUT2D eigenvalue weighted by Crippen LogP contribution is -2.08. The third-order valence-electron chi connectivity index (χ3n) is 4.50. The monoisotopic (exact) mass is 430 g/mol. The third-order valence-corrected chi connectivity index (χ3v) is 5.19. The standard InChI is InChI=1S/C23H20Cl2O4/c1-14-11-19(27-2)20(28-3)12-16(14)23(26)21-17(24)9-10-18(22(21)25)29-13-15-7-5-4-6-8-15/h4-12H,13H2,1-3H3. The van der Waals surface area contributed by atoms with Crippen LogP contribution in [0, 0.1) is 6.92 Å². The van der Waals surface area contributed by atoms with E-state index >= 15 is 0 Å². The van der Waals surface area contributed by atoms with Crippen LogP contribution in [0.3, 0.4) is 0 Å². The number of aryl methyl sites for hydroxylation is 1. The van der Waals surface area contributed by atoms with Crippen LogP contribution in [0.5, 0.6) is 17.2 Å². The van der Waals surface area contributed by atoms with Crippen LogP contribution in [-0.2, 0) is 6.61 Å². The van der Waals surface area contributed by atoms with Crippen molar-refractivity contribution < 1.29 is 19.0 Å². The minimum absolute atomic E-state index is 0.174. The average Bonchev–Trinajstić information content (AvgIpc) is 2.73. The Morgan fingerprint density at radius 3 is 2.21 bits per heavy atom. The first-order valence-corrected chi connectivity index (χ1v) is 9.64. The van der Waals surface area contributed by atoms with E-state index in [9.17, 15) is 4.79 Å². The molecule has 29 heavy (non-hydrogen) atoms. The van der Waals surface area contributed by atoms with Crippen molar-refractivity contribution in [1.82, 2.24) is 0 Å². The number of halogens is 2. The summed E-state index contributed by atoms with van der Waals surface area (Å²) >= 11 is 12.9. The van der Waals surface area contributed by atoms with Gasteiger partial charge in [-0.1, -0.05) is 53.5 Å². The Kier molecular flexibility index (Phi) is 6.68. The number of ketones is 1. The smallest absolute Gasteiger partial charge is 0.196 e. The highest BCUT2D eigenvalue weighted by Crippen LogP contribution is 2.37. The normalized spacial score (nSPS) is 10.5. The van der Waals surface area contributed by atoms with E-state index in [2.05, 4.69) is 0 Å². The largest absolute Gasteiger partial charge is 0.493 e. The average molecular weight is 431 g/mol. The summed E-state index contributed by atoms with van der Waals surface area (Å²) in [6.45, 7) is 2.14. The molecular formula is C23H20Cl2O4. The highest BCUT2D eigenvalue weighted by atomic mass is 35.5. The molecule has 0 aliphatic rings. The molecule has 150 valence electrons. The number of rotatable bonds is 7. The molecule has 0 unspecified atom stereocenters. The minimum Gasteiger partial charge on any atom is -0.493 e. The van der Waals surface area contributed by atoms with E-state index in [-0.39, 0.29) is 21.4 Å². The Balaban J connectivity index is 1.97. The van der Waals surface area contributed by atoms with Gasteiger partial charge in [-0.25, -0.2) is 0 Å². The molecule has 0 spiro atoms. The van der Waals surface area contributed by atoms with Gasteiger partial charge >= 0.3 is 0 Å². The molecule has 0 N–H and O–H groups in total. The maximum absolute atomic E-state index is 13.3. The molecule has 3 aromatic carbocycles. The summed E-state index contributed by atoms with van der Waals surface area (Å²) in [7, 11) is 3.06. The van der Waals surface area contributed by atoms with E-state index < -0.39 is 0 Å². The zero-order valence-electron chi connectivity index (χ0n) is 16.3. The summed E-state index contributed by atoms with van der Waals surface area (Å²) in [6, 6.07) is 16.3. The lowest BCUT2D eigenvalue weighted by molar-refractivity contribution is 0.103. The summed E-state index contributed by atoms with van der Waals surface area (Å²) in [5.74, 6) is 1.06. The van der Waals surface area contributed by atoms with Crippen molar-refractivity contribution in [3.8, 4) is 17.2 Å². The van der Waals surface area contributed by atoms with Crippen LogP contribution in [0.4, 0.5) is 0 Å². The number of hydrogen-bond acceptors (Lipinski definition) is 4. The van der Waals surface area contributed by atoms with E-state index in [1.807, 2.05) is 37.3 Å². The summed E-state index contributed by atoms with van der Waals surface area (Å²) < 4.78 is 16.4. The summed E-state index contributed by atoms with van der Waals surface area (Å²) in [5.41, 5.74) is 2.32. The van der Waals surface area contributed by atoms with Crippen LogP contribution >= 0.6 is 23.2 Å². The molecule has 0 atom stereocenters. The van der Waals surface area contributed by atoms with E-state index in [0.29, 0.717) is 29.4 Å². The summed E-state index contributed by atoms with van der Waals surface area (Å²) in [6.07, 6.45) is 0. The Hall–Kier alpha value is -2.69. The number of ether oxygens (including phenoxy) is 3. The molecule has 0 aromatic heterocycles. The maximum Gasteiger partial charge on any atom is 0.196 e. The van der Waals surface area contributed by atoms with Gasteiger partial charge in [-0.2, -0.15) is 0 Å². The lowest BCUT2D eigenvalue weighted by atomic mass is 9.98. The van der Waals surface area contributed by atoms with Gasteiger partial charge in [0, 0.05) is 5.56 Å². The number of hydrogen-bond donors (Lipinski definition) is 0.